The van der Waals surface area contributed by atoms with Crippen LogP contribution in [-0.2, 0) is 9.31 Å². The molecule has 6 heteroatoms. The maximum absolute atomic E-state index is 6.29. The second kappa shape index (κ2) is 6.33. The number of hydrogen-bond donors (Lipinski definition) is 0. The molecular weight excluding hydrogens is 409 g/mol. The van der Waals surface area contributed by atoms with E-state index >= 15 is 0 Å². The summed E-state index contributed by atoms with van der Waals surface area (Å²) in [4.78, 5) is 9.88. The van der Waals surface area contributed by atoms with Crippen LogP contribution < -0.4 is 5.46 Å². The van der Waals surface area contributed by atoms with E-state index in [4.69, 9.17) is 19.3 Å². The van der Waals surface area contributed by atoms with Gasteiger partial charge in [0.05, 0.1) is 27.8 Å². The highest BCUT2D eigenvalue weighted by Crippen LogP contribution is 2.37. The smallest absolute Gasteiger partial charge is 0.534 e. The van der Waals surface area contributed by atoms with Crippen LogP contribution in [0.15, 0.2) is 85.3 Å². The molecule has 1 fully saturated rings. The molecule has 0 bridgehead atoms. The average Bonchev–Trinajstić information content (AvgIpc) is 3.35. The van der Waals surface area contributed by atoms with Crippen molar-refractivity contribution in [2.45, 2.75) is 19.4 Å². The Morgan fingerprint density at radius 1 is 0.909 bits per heavy atom. The second-order valence-electron chi connectivity index (χ2n) is 9.07. The molecule has 0 amide bonds. The summed E-state index contributed by atoms with van der Waals surface area (Å²) in [7, 11) is -0.532. The van der Waals surface area contributed by atoms with Gasteiger partial charge in [0.25, 0.3) is 0 Å². The fraction of sp³-hybridized carbons (Fsp3) is 0.111. The topological polar surface area (TPSA) is 48.7 Å². The van der Waals surface area contributed by atoms with Crippen LogP contribution in [0.1, 0.15) is 13.8 Å². The lowest BCUT2D eigenvalue weighted by molar-refractivity contribution is 0.173. The summed E-state index contributed by atoms with van der Waals surface area (Å²) in [6.45, 7) is 8.03. The molecule has 4 heterocycles. The molecule has 7 rings (SSSR count). The van der Waals surface area contributed by atoms with Crippen molar-refractivity contribution in [1.82, 2.24) is 14.4 Å². The number of rotatable bonds is 1. The molecule has 1 aliphatic rings. The van der Waals surface area contributed by atoms with Crippen LogP contribution >= 0.6 is 0 Å². The minimum absolute atomic E-state index is 0.532. The van der Waals surface area contributed by atoms with Gasteiger partial charge >= 0.3 is 7.12 Å². The van der Waals surface area contributed by atoms with Crippen molar-refractivity contribution in [1.29, 1.82) is 0 Å². The van der Waals surface area contributed by atoms with Gasteiger partial charge in [-0.15, -0.1) is 0 Å². The van der Waals surface area contributed by atoms with Gasteiger partial charge in [-0.1, -0.05) is 49.0 Å². The van der Waals surface area contributed by atoms with Gasteiger partial charge in [-0.3, -0.25) is 9.38 Å². The average molecular weight is 429 g/mol. The molecule has 6 aromatic rings. The van der Waals surface area contributed by atoms with Gasteiger partial charge in [0.15, 0.2) is 0 Å². The summed E-state index contributed by atoms with van der Waals surface area (Å²) in [5.74, 6) is 0.634. The SMILES string of the molecule is C=C1OB(c2cc3c4ncccc4n4c5ccccc5nc4c3c3ccccc23)OC1(C)C. The molecule has 0 saturated carbocycles. The highest BCUT2D eigenvalue weighted by atomic mass is 16.7. The zero-order valence-electron chi connectivity index (χ0n) is 18.4. The predicted octanol–water partition coefficient (Wildman–Crippen LogP) is 5.38. The number of nitrogens with zero attached hydrogens (tertiary/aromatic N) is 3. The molecule has 0 spiro atoms. The Labute approximate surface area is 190 Å². The van der Waals surface area contributed by atoms with Crippen LogP contribution in [0.3, 0.4) is 0 Å². The fourth-order valence-electron chi connectivity index (χ4n) is 5.00. The third-order valence-electron chi connectivity index (χ3n) is 6.72. The monoisotopic (exact) mass is 429 g/mol. The molecule has 0 unspecified atom stereocenters. The van der Waals surface area contributed by atoms with Crippen LogP contribution in [0.5, 0.6) is 0 Å². The Bertz CT molecular complexity index is 1790. The van der Waals surface area contributed by atoms with Crippen molar-refractivity contribution in [3.8, 4) is 0 Å². The maximum Gasteiger partial charge on any atom is 0.564 e. The molecule has 0 radical (unpaired) electrons. The number of para-hydroxylation sites is 2. The first-order valence-electron chi connectivity index (χ1n) is 11.1. The molecule has 3 aromatic heterocycles. The van der Waals surface area contributed by atoms with Crippen molar-refractivity contribution in [2.24, 2.45) is 0 Å². The Morgan fingerprint density at radius 3 is 2.48 bits per heavy atom. The van der Waals surface area contributed by atoms with E-state index in [0.29, 0.717) is 5.76 Å². The molecule has 0 aliphatic carbocycles. The number of hydrogen-bond acceptors (Lipinski definition) is 4. The maximum atomic E-state index is 6.29. The van der Waals surface area contributed by atoms with Crippen molar-refractivity contribution >= 4 is 61.8 Å². The Kier molecular flexibility index (Phi) is 3.58. The standard InChI is InChI=1S/C27H20BN3O2/c1-16-27(2,3)33-28(32-16)20-15-19-24(18-10-5-4-9-17(18)20)26-30-21-11-6-7-12-22(21)31(26)23-13-8-14-29-25(19)23/h4-15H,1H2,2-3H3. The number of pyridine rings is 2. The molecule has 33 heavy (non-hydrogen) atoms. The van der Waals surface area contributed by atoms with E-state index in [-0.39, 0.29) is 0 Å². The van der Waals surface area contributed by atoms with E-state index < -0.39 is 12.7 Å². The minimum Gasteiger partial charge on any atom is -0.534 e. The van der Waals surface area contributed by atoms with Crippen molar-refractivity contribution in [3.05, 3.63) is 85.3 Å². The van der Waals surface area contributed by atoms with Crippen molar-refractivity contribution in [2.75, 3.05) is 0 Å². The molecule has 1 aliphatic heterocycles. The summed E-state index contributed by atoms with van der Waals surface area (Å²) in [5.41, 5.74) is 5.32. The summed E-state index contributed by atoms with van der Waals surface area (Å²) in [6, 6.07) is 22.8. The van der Waals surface area contributed by atoms with Crippen LogP contribution in [0, 0.1) is 0 Å². The van der Waals surface area contributed by atoms with Crippen LogP contribution in [0.25, 0.3) is 49.3 Å². The lowest BCUT2D eigenvalue weighted by Crippen LogP contribution is -2.35. The lowest BCUT2D eigenvalue weighted by atomic mass is 9.75. The van der Waals surface area contributed by atoms with Gasteiger partial charge in [-0.2, -0.15) is 0 Å². The summed E-state index contributed by atoms with van der Waals surface area (Å²) >= 11 is 0. The number of imidazole rings is 1. The first-order chi connectivity index (χ1) is 16.0. The van der Waals surface area contributed by atoms with Gasteiger partial charge in [-0.25, -0.2) is 4.98 Å². The van der Waals surface area contributed by atoms with Crippen LogP contribution in [-0.4, -0.2) is 27.1 Å². The quantitative estimate of drug-likeness (QED) is 0.260. The molecule has 3 aromatic carbocycles. The predicted molar refractivity (Wildman–Crippen MR) is 134 cm³/mol. The molecule has 0 N–H and O–H groups in total. The molecule has 5 nitrogen and oxygen atoms in total. The number of fused-ring (bicyclic) bond motifs is 10. The van der Waals surface area contributed by atoms with E-state index in [1.807, 2.05) is 44.3 Å². The minimum atomic E-state index is -0.550. The molecule has 158 valence electrons. The third-order valence-corrected chi connectivity index (χ3v) is 6.72. The fourth-order valence-corrected chi connectivity index (χ4v) is 5.00. The number of benzene rings is 3. The largest absolute Gasteiger partial charge is 0.564 e. The van der Waals surface area contributed by atoms with Crippen LogP contribution in [0.4, 0.5) is 0 Å². The highest BCUT2D eigenvalue weighted by molar-refractivity contribution is 6.66. The number of aromatic nitrogens is 3. The first kappa shape index (κ1) is 18.7. The summed E-state index contributed by atoms with van der Waals surface area (Å²) < 4.78 is 14.6. The Balaban J connectivity index is 1.71. The zero-order valence-corrected chi connectivity index (χ0v) is 18.4. The van der Waals surface area contributed by atoms with Gasteiger partial charge in [0.1, 0.15) is 11.2 Å². The third kappa shape index (κ3) is 2.47. The van der Waals surface area contributed by atoms with Crippen molar-refractivity contribution < 1.29 is 9.31 Å². The second-order valence-corrected chi connectivity index (χ2v) is 9.07. The summed E-state index contributed by atoms with van der Waals surface area (Å²) in [5, 5.41) is 4.28. The lowest BCUT2D eigenvalue weighted by Gasteiger charge is -2.17. The Hall–Kier alpha value is -3.90. The van der Waals surface area contributed by atoms with Crippen LogP contribution in [0.2, 0.25) is 0 Å². The van der Waals surface area contributed by atoms with Gasteiger partial charge in [-0.05, 0) is 48.9 Å². The van der Waals surface area contributed by atoms with E-state index in [2.05, 4.69) is 53.4 Å². The van der Waals surface area contributed by atoms with Gasteiger partial charge in [0.2, 0.25) is 0 Å². The van der Waals surface area contributed by atoms with Gasteiger partial charge in [0, 0.05) is 22.4 Å². The molecule has 1 saturated heterocycles. The van der Waals surface area contributed by atoms with E-state index in [9.17, 15) is 0 Å². The van der Waals surface area contributed by atoms with E-state index in [1.165, 1.54) is 0 Å². The first-order valence-corrected chi connectivity index (χ1v) is 11.1. The molecular formula is C27H20BN3O2. The van der Waals surface area contributed by atoms with Gasteiger partial charge < -0.3 is 9.31 Å². The normalized spacial score (nSPS) is 15.9. The Morgan fingerprint density at radius 2 is 1.67 bits per heavy atom. The molecule has 0 atom stereocenters. The van der Waals surface area contributed by atoms with E-state index in [1.54, 1.807) is 0 Å². The zero-order chi connectivity index (χ0) is 22.3. The van der Waals surface area contributed by atoms with E-state index in [0.717, 1.165) is 54.7 Å². The van der Waals surface area contributed by atoms with Crippen molar-refractivity contribution in [3.63, 3.8) is 0 Å². The summed E-state index contributed by atoms with van der Waals surface area (Å²) in [6.07, 6.45) is 1.84. The highest BCUT2D eigenvalue weighted by Gasteiger charge is 2.43.